The second kappa shape index (κ2) is 6.02. The minimum absolute atomic E-state index is 0.0185. The first kappa shape index (κ1) is 14.8. The Morgan fingerprint density at radius 3 is 2.83 bits per heavy atom. The quantitative estimate of drug-likeness (QED) is 0.770. The minimum atomic E-state index is -0.0185. The SMILES string of the molecule is Cc1ccc2cc(C[NH2+]Cc3ccc4c(c3)OCO4)c(=O)[nH]c2c1. The van der Waals surface area contributed by atoms with Gasteiger partial charge in [0.2, 0.25) is 6.79 Å². The van der Waals surface area contributed by atoms with Gasteiger partial charge in [0, 0.05) is 11.1 Å². The number of nitrogens with one attached hydrogen (secondary N) is 1. The molecule has 2 aromatic carbocycles. The van der Waals surface area contributed by atoms with E-state index in [1.807, 2.05) is 43.3 Å². The Kier molecular flexibility index (Phi) is 3.70. The molecule has 1 aliphatic rings. The molecule has 0 saturated carbocycles. The van der Waals surface area contributed by atoms with Crippen molar-refractivity contribution in [1.82, 2.24) is 4.98 Å². The Morgan fingerprint density at radius 1 is 1.04 bits per heavy atom. The molecule has 0 aliphatic carbocycles. The molecule has 3 aromatic rings. The van der Waals surface area contributed by atoms with Crippen molar-refractivity contribution in [2.75, 3.05) is 6.79 Å². The maximum atomic E-state index is 12.2. The van der Waals surface area contributed by atoms with Crippen LogP contribution in [-0.4, -0.2) is 11.8 Å². The van der Waals surface area contributed by atoms with Crippen molar-refractivity contribution in [2.45, 2.75) is 20.0 Å². The van der Waals surface area contributed by atoms with Crippen LogP contribution >= 0.6 is 0 Å². The molecular formula is C19H19N2O3+. The summed E-state index contributed by atoms with van der Waals surface area (Å²) in [6.07, 6.45) is 0. The highest BCUT2D eigenvalue weighted by Crippen LogP contribution is 2.32. The van der Waals surface area contributed by atoms with E-state index in [-0.39, 0.29) is 12.4 Å². The average Bonchev–Trinajstić information content (AvgIpc) is 3.03. The summed E-state index contributed by atoms with van der Waals surface area (Å²) >= 11 is 0. The Labute approximate surface area is 139 Å². The van der Waals surface area contributed by atoms with Gasteiger partial charge in [-0.3, -0.25) is 4.79 Å². The number of fused-ring (bicyclic) bond motifs is 2. The van der Waals surface area contributed by atoms with Gasteiger partial charge < -0.3 is 19.8 Å². The number of pyridine rings is 1. The van der Waals surface area contributed by atoms with Gasteiger partial charge in [-0.25, -0.2) is 0 Å². The predicted octanol–water partition coefficient (Wildman–Crippen LogP) is 1.83. The molecule has 122 valence electrons. The summed E-state index contributed by atoms with van der Waals surface area (Å²) in [5, 5.41) is 3.17. The van der Waals surface area contributed by atoms with Gasteiger partial charge in [0.05, 0.1) is 5.56 Å². The van der Waals surface area contributed by atoms with Crippen LogP contribution in [0.3, 0.4) is 0 Å². The first-order chi connectivity index (χ1) is 11.7. The first-order valence-corrected chi connectivity index (χ1v) is 8.02. The van der Waals surface area contributed by atoms with Gasteiger partial charge >= 0.3 is 0 Å². The summed E-state index contributed by atoms with van der Waals surface area (Å²) in [4.78, 5) is 15.2. The largest absolute Gasteiger partial charge is 0.454 e. The van der Waals surface area contributed by atoms with Gasteiger partial charge in [-0.1, -0.05) is 12.1 Å². The standard InChI is InChI=1S/C19H18N2O3/c1-12-2-4-14-8-15(19(22)21-16(14)6-12)10-20-9-13-3-5-17-18(7-13)24-11-23-17/h2-8,20H,9-11H2,1H3,(H,21,22)/p+1. The summed E-state index contributed by atoms with van der Waals surface area (Å²) in [6, 6.07) is 14.0. The third-order valence-electron chi connectivity index (χ3n) is 4.26. The lowest BCUT2D eigenvalue weighted by molar-refractivity contribution is -0.686. The molecule has 5 heteroatoms. The minimum Gasteiger partial charge on any atom is -0.454 e. The van der Waals surface area contributed by atoms with E-state index in [1.54, 1.807) is 0 Å². The molecule has 3 N–H and O–H groups in total. The van der Waals surface area contributed by atoms with E-state index in [0.29, 0.717) is 6.54 Å². The molecule has 1 aliphatic heterocycles. The number of aryl methyl sites for hydroxylation is 1. The molecule has 0 unspecified atom stereocenters. The van der Waals surface area contributed by atoms with Crippen LogP contribution < -0.4 is 20.3 Å². The number of rotatable bonds is 4. The molecule has 0 atom stereocenters. The molecule has 0 saturated heterocycles. The highest BCUT2D eigenvalue weighted by Gasteiger charge is 2.13. The number of aromatic nitrogens is 1. The van der Waals surface area contributed by atoms with Gasteiger partial charge in [0.25, 0.3) is 5.56 Å². The molecule has 4 rings (SSSR count). The van der Waals surface area contributed by atoms with Gasteiger partial charge in [0.15, 0.2) is 11.5 Å². The Bertz CT molecular complexity index is 962. The van der Waals surface area contributed by atoms with Crippen molar-refractivity contribution in [3.05, 3.63) is 69.5 Å². The van der Waals surface area contributed by atoms with Crippen molar-refractivity contribution < 1.29 is 14.8 Å². The molecule has 24 heavy (non-hydrogen) atoms. The molecule has 0 radical (unpaired) electrons. The molecule has 1 aromatic heterocycles. The van der Waals surface area contributed by atoms with E-state index in [9.17, 15) is 4.79 Å². The highest BCUT2D eigenvalue weighted by molar-refractivity contribution is 5.79. The van der Waals surface area contributed by atoms with Crippen LogP contribution in [0.4, 0.5) is 0 Å². The van der Waals surface area contributed by atoms with Gasteiger partial charge in [0.1, 0.15) is 13.1 Å². The maximum Gasteiger partial charge on any atom is 0.257 e. The van der Waals surface area contributed by atoms with Crippen molar-refractivity contribution in [1.29, 1.82) is 0 Å². The van der Waals surface area contributed by atoms with E-state index in [4.69, 9.17) is 9.47 Å². The van der Waals surface area contributed by atoms with Gasteiger partial charge in [-0.15, -0.1) is 0 Å². The van der Waals surface area contributed by atoms with Crippen molar-refractivity contribution in [2.24, 2.45) is 0 Å². The monoisotopic (exact) mass is 323 g/mol. The summed E-state index contributed by atoms with van der Waals surface area (Å²) in [7, 11) is 0. The lowest BCUT2D eigenvalue weighted by Crippen LogP contribution is -2.81. The fourth-order valence-electron chi connectivity index (χ4n) is 2.97. The number of hydrogen-bond acceptors (Lipinski definition) is 3. The van der Waals surface area contributed by atoms with Crippen molar-refractivity contribution in [3.63, 3.8) is 0 Å². The summed E-state index contributed by atoms with van der Waals surface area (Å²) in [6.45, 7) is 3.72. The number of H-pyrrole nitrogens is 1. The Balaban J connectivity index is 1.47. The smallest absolute Gasteiger partial charge is 0.257 e. The third-order valence-corrected chi connectivity index (χ3v) is 4.26. The number of hydrogen-bond donors (Lipinski definition) is 2. The van der Waals surface area contributed by atoms with Crippen LogP contribution in [0.2, 0.25) is 0 Å². The Morgan fingerprint density at radius 2 is 1.92 bits per heavy atom. The van der Waals surface area contributed by atoms with Crippen molar-refractivity contribution in [3.8, 4) is 11.5 Å². The van der Waals surface area contributed by atoms with Crippen LogP contribution in [0, 0.1) is 6.92 Å². The van der Waals surface area contributed by atoms with Crippen LogP contribution in [0.15, 0.2) is 47.3 Å². The van der Waals surface area contributed by atoms with Crippen molar-refractivity contribution >= 4 is 10.9 Å². The van der Waals surface area contributed by atoms with Gasteiger partial charge in [-0.2, -0.15) is 0 Å². The van der Waals surface area contributed by atoms with Crippen LogP contribution in [0.1, 0.15) is 16.7 Å². The summed E-state index contributed by atoms with van der Waals surface area (Å²) in [5.41, 5.74) is 3.94. The molecule has 0 spiro atoms. The zero-order valence-corrected chi connectivity index (χ0v) is 13.5. The zero-order chi connectivity index (χ0) is 16.5. The van der Waals surface area contributed by atoms with Crippen LogP contribution in [0.5, 0.6) is 11.5 Å². The Hall–Kier alpha value is -2.79. The topological polar surface area (TPSA) is 67.9 Å². The average molecular weight is 323 g/mol. The molecule has 0 amide bonds. The lowest BCUT2D eigenvalue weighted by Gasteiger charge is -2.05. The normalized spacial score (nSPS) is 12.7. The number of quaternary nitrogens is 1. The maximum absolute atomic E-state index is 12.2. The number of nitrogens with two attached hydrogens (primary N) is 1. The van der Waals surface area contributed by atoms with E-state index < -0.39 is 0 Å². The molecule has 5 nitrogen and oxygen atoms in total. The molecule has 0 fully saturated rings. The highest BCUT2D eigenvalue weighted by atomic mass is 16.7. The number of benzene rings is 2. The second-order valence-corrected chi connectivity index (χ2v) is 6.10. The van der Waals surface area contributed by atoms with Gasteiger partial charge in [-0.05, 0) is 48.2 Å². The van der Waals surface area contributed by atoms with E-state index in [1.165, 1.54) is 0 Å². The lowest BCUT2D eigenvalue weighted by atomic mass is 10.1. The fraction of sp³-hybridized carbons (Fsp3) is 0.211. The third kappa shape index (κ3) is 2.86. The second-order valence-electron chi connectivity index (χ2n) is 6.10. The molecule has 0 bridgehead atoms. The zero-order valence-electron chi connectivity index (χ0n) is 13.5. The fourth-order valence-corrected chi connectivity index (χ4v) is 2.97. The summed E-state index contributed by atoms with van der Waals surface area (Å²) in [5.74, 6) is 1.58. The predicted molar refractivity (Wildman–Crippen MR) is 91.2 cm³/mol. The van der Waals surface area contributed by atoms with Crippen LogP contribution in [0.25, 0.3) is 10.9 Å². The van der Waals surface area contributed by atoms with E-state index >= 15 is 0 Å². The van der Waals surface area contributed by atoms with Crippen LogP contribution in [-0.2, 0) is 13.1 Å². The number of aromatic amines is 1. The van der Waals surface area contributed by atoms with E-state index in [0.717, 1.165) is 45.6 Å². The molecular weight excluding hydrogens is 304 g/mol. The number of ether oxygens (including phenoxy) is 2. The summed E-state index contributed by atoms with van der Waals surface area (Å²) < 4.78 is 10.7. The first-order valence-electron chi connectivity index (χ1n) is 8.02. The molecule has 2 heterocycles. The van der Waals surface area contributed by atoms with E-state index in [2.05, 4.69) is 16.4 Å².